The number of methoxy groups -OCH3 is 1. The molecule has 1 aromatic rings. The van der Waals surface area contributed by atoms with Gasteiger partial charge in [-0.25, -0.2) is 4.68 Å². The summed E-state index contributed by atoms with van der Waals surface area (Å²) in [7, 11) is 1.51. The molecule has 0 amide bonds. The largest absolute Gasteiger partial charge is 0.480 e. The first-order valence-electron chi connectivity index (χ1n) is 4.16. The van der Waals surface area contributed by atoms with Crippen molar-refractivity contribution in [2.24, 2.45) is 0 Å². The van der Waals surface area contributed by atoms with Crippen molar-refractivity contribution < 1.29 is 4.74 Å². The molecule has 4 nitrogen and oxygen atoms in total. The second kappa shape index (κ2) is 5.49. The van der Waals surface area contributed by atoms with Crippen LogP contribution in [0, 0.1) is 0 Å². The Kier molecular flexibility index (Phi) is 4.25. The maximum Gasteiger partial charge on any atom is 0.267 e. The predicted octanol–water partition coefficient (Wildman–Crippen LogP) is 0.738. The fraction of sp³-hybridized carbons (Fsp3) is 0.333. The summed E-state index contributed by atoms with van der Waals surface area (Å²) in [5.74, 6) is 1.09. The summed E-state index contributed by atoms with van der Waals surface area (Å²) >= 11 is 4.01. The van der Waals surface area contributed by atoms with Gasteiger partial charge in [-0.1, -0.05) is 12.2 Å². The number of hydrogen-bond donors (Lipinski definition) is 1. The van der Waals surface area contributed by atoms with Crippen molar-refractivity contribution in [2.45, 2.75) is 6.54 Å². The zero-order valence-electron chi connectivity index (χ0n) is 7.88. The van der Waals surface area contributed by atoms with Crippen molar-refractivity contribution in [1.82, 2.24) is 9.78 Å². The quantitative estimate of drug-likeness (QED) is 0.591. The standard InChI is InChI=1S/C9H12N2O2S/c1-13-8-4-5-9(12)11(10-8)6-2-3-7-14/h2-5,14H,6-7H2,1H3/b3-2+. The van der Waals surface area contributed by atoms with Crippen LogP contribution in [-0.2, 0) is 6.54 Å². The molecule has 0 radical (unpaired) electrons. The summed E-state index contributed by atoms with van der Waals surface area (Å²) in [6, 6.07) is 2.97. The Morgan fingerprint density at radius 2 is 2.36 bits per heavy atom. The van der Waals surface area contributed by atoms with Crippen molar-refractivity contribution in [3.05, 3.63) is 34.6 Å². The summed E-state index contributed by atoms with van der Waals surface area (Å²) < 4.78 is 6.24. The van der Waals surface area contributed by atoms with Crippen molar-refractivity contribution in [2.75, 3.05) is 12.9 Å². The van der Waals surface area contributed by atoms with Crippen LogP contribution in [0.1, 0.15) is 0 Å². The van der Waals surface area contributed by atoms with Crippen LogP contribution in [0.4, 0.5) is 0 Å². The Labute approximate surface area is 87.6 Å². The number of allylic oxidation sites excluding steroid dienone is 1. The van der Waals surface area contributed by atoms with Gasteiger partial charge in [0.25, 0.3) is 5.56 Å². The minimum absolute atomic E-state index is 0.144. The van der Waals surface area contributed by atoms with Crippen LogP contribution in [0.25, 0.3) is 0 Å². The molecule has 0 saturated heterocycles. The van der Waals surface area contributed by atoms with E-state index in [0.29, 0.717) is 18.2 Å². The van der Waals surface area contributed by atoms with Gasteiger partial charge in [-0.05, 0) is 0 Å². The number of rotatable bonds is 4. The Hall–Kier alpha value is -1.23. The van der Waals surface area contributed by atoms with E-state index in [-0.39, 0.29) is 5.56 Å². The molecule has 0 spiro atoms. The topological polar surface area (TPSA) is 44.1 Å². The van der Waals surface area contributed by atoms with Gasteiger partial charge in [0.15, 0.2) is 0 Å². The molecule has 0 aliphatic carbocycles. The molecule has 0 N–H and O–H groups in total. The zero-order chi connectivity index (χ0) is 10.4. The maximum absolute atomic E-state index is 11.3. The van der Waals surface area contributed by atoms with Crippen LogP contribution in [0.5, 0.6) is 5.88 Å². The summed E-state index contributed by atoms with van der Waals surface area (Å²) in [5, 5.41) is 3.97. The molecular formula is C9H12N2O2S. The van der Waals surface area contributed by atoms with E-state index in [0.717, 1.165) is 0 Å². The van der Waals surface area contributed by atoms with Gasteiger partial charge in [-0.2, -0.15) is 12.6 Å². The van der Waals surface area contributed by atoms with E-state index in [1.807, 2.05) is 12.2 Å². The Morgan fingerprint density at radius 1 is 1.57 bits per heavy atom. The first kappa shape index (κ1) is 10.8. The van der Waals surface area contributed by atoms with E-state index in [9.17, 15) is 4.79 Å². The third-order valence-electron chi connectivity index (χ3n) is 1.60. The fourth-order valence-corrected chi connectivity index (χ4v) is 1.07. The molecule has 0 fully saturated rings. The highest BCUT2D eigenvalue weighted by Gasteiger charge is 1.97. The van der Waals surface area contributed by atoms with E-state index in [4.69, 9.17) is 4.74 Å². The van der Waals surface area contributed by atoms with Crippen LogP contribution in [-0.4, -0.2) is 22.6 Å². The normalized spacial score (nSPS) is 10.7. The Balaban J connectivity index is 2.84. The van der Waals surface area contributed by atoms with Crippen molar-refractivity contribution in [1.29, 1.82) is 0 Å². The lowest BCUT2D eigenvalue weighted by molar-refractivity contribution is 0.379. The van der Waals surface area contributed by atoms with E-state index >= 15 is 0 Å². The fourth-order valence-electron chi connectivity index (χ4n) is 0.919. The second-order valence-corrected chi connectivity index (χ2v) is 2.92. The van der Waals surface area contributed by atoms with Crippen LogP contribution in [0.15, 0.2) is 29.1 Å². The average Bonchev–Trinajstić information content (AvgIpc) is 2.21. The lowest BCUT2D eigenvalue weighted by Gasteiger charge is -2.02. The first-order valence-corrected chi connectivity index (χ1v) is 4.79. The van der Waals surface area contributed by atoms with Gasteiger partial charge in [0.2, 0.25) is 5.88 Å². The third-order valence-corrected chi connectivity index (χ3v) is 1.81. The Bertz CT molecular complexity index is 373. The molecule has 0 aliphatic heterocycles. The summed E-state index contributed by atoms with van der Waals surface area (Å²) in [6.07, 6.45) is 3.69. The second-order valence-electron chi connectivity index (χ2n) is 2.55. The smallest absolute Gasteiger partial charge is 0.267 e. The number of nitrogens with zero attached hydrogens (tertiary/aromatic N) is 2. The van der Waals surface area contributed by atoms with Gasteiger partial charge >= 0.3 is 0 Å². The lowest BCUT2D eigenvalue weighted by atomic mass is 10.5. The number of aromatic nitrogens is 2. The number of hydrogen-bond acceptors (Lipinski definition) is 4. The van der Waals surface area contributed by atoms with E-state index in [1.54, 1.807) is 6.07 Å². The van der Waals surface area contributed by atoms with Crippen molar-refractivity contribution in [3.8, 4) is 5.88 Å². The molecule has 0 aromatic carbocycles. The van der Waals surface area contributed by atoms with Crippen molar-refractivity contribution in [3.63, 3.8) is 0 Å². The first-order chi connectivity index (χ1) is 6.77. The maximum atomic E-state index is 11.3. The summed E-state index contributed by atoms with van der Waals surface area (Å²) in [5.41, 5.74) is -0.144. The van der Waals surface area contributed by atoms with Gasteiger partial charge in [-0.15, -0.1) is 5.10 Å². The molecule has 0 atom stereocenters. The molecule has 0 saturated carbocycles. The molecule has 1 rings (SSSR count). The molecule has 76 valence electrons. The summed E-state index contributed by atoms with van der Waals surface area (Å²) in [6.45, 7) is 0.441. The highest BCUT2D eigenvalue weighted by Crippen LogP contribution is 1.98. The molecule has 1 heterocycles. The van der Waals surface area contributed by atoms with E-state index in [1.165, 1.54) is 17.9 Å². The summed E-state index contributed by atoms with van der Waals surface area (Å²) in [4.78, 5) is 11.3. The monoisotopic (exact) mass is 212 g/mol. The van der Waals surface area contributed by atoms with E-state index < -0.39 is 0 Å². The molecule has 14 heavy (non-hydrogen) atoms. The van der Waals surface area contributed by atoms with Gasteiger partial charge < -0.3 is 4.74 Å². The highest BCUT2D eigenvalue weighted by atomic mass is 32.1. The zero-order valence-corrected chi connectivity index (χ0v) is 8.78. The predicted molar refractivity (Wildman–Crippen MR) is 58.0 cm³/mol. The van der Waals surface area contributed by atoms with Crippen LogP contribution < -0.4 is 10.3 Å². The minimum atomic E-state index is -0.144. The molecule has 0 aliphatic rings. The lowest BCUT2D eigenvalue weighted by Crippen LogP contribution is -2.21. The van der Waals surface area contributed by atoms with Crippen molar-refractivity contribution >= 4 is 12.6 Å². The van der Waals surface area contributed by atoms with Gasteiger partial charge in [0.1, 0.15) is 0 Å². The Morgan fingerprint density at radius 3 is 3.00 bits per heavy atom. The van der Waals surface area contributed by atoms with Crippen LogP contribution in [0.3, 0.4) is 0 Å². The number of thiol groups is 1. The van der Waals surface area contributed by atoms with Crippen LogP contribution in [0.2, 0.25) is 0 Å². The molecule has 0 bridgehead atoms. The van der Waals surface area contributed by atoms with Gasteiger partial charge in [-0.3, -0.25) is 4.79 Å². The molecule has 5 heteroatoms. The van der Waals surface area contributed by atoms with Gasteiger partial charge in [0.05, 0.1) is 13.7 Å². The molecule has 0 unspecified atom stereocenters. The highest BCUT2D eigenvalue weighted by molar-refractivity contribution is 7.80. The number of ether oxygens (including phenoxy) is 1. The SMILES string of the molecule is COc1ccc(=O)n(C/C=C/CS)n1. The van der Waals surface area contributed by atoms with Gasteiger partial charge in [0, 0.05) is 17.9 Å². The van der Waals surface area contributed by atoms with E-state index in [2.05, 4.69) is 17.7 Å². The third kappa shape index (κ3) is 2.92. The molecule has 1 aromatic heterocycles. The average molecular weight is 212 g/mol. The minimum Gasteiger partial charge on any atom is -0.480 e. The van der Waals surface area contributed by atoms with Crippen LogP contribution >= 0.6 is 12.6 Å². The molecular weight excluding hydrogens is 200 g/mol.